The third kappa shape index (κ3) is 5.59. The van der Waals surface area contributed by atoms with Gasteiger partial charge in [-0.3, -0.25) is 14.5 Å². The number of hydrogen-bond acceptors (Lipinski definition) is 5. The number of Topliss-reactive ketones (excluding diaryl/α,β-unsaturated/α-hetero) is 1. The lowest BCUT2D eigenvalue weighted by Crippen LogP contribution is -2.47. The molecule has 0 aromatic heterocycles. The number of carbonyl (C=O) groups is 2. The Morgan fingerprint density at radius 3 is 2.36 bits per heavy atom. The summed E-state index contributed by atoms with van der Waals surface area (Å²) in [4.78, 5) is 30.2. The maximum atomic E-state index is 12.9. The molecule has 0 saturated carbocycles. The molecule has 0 bridgehead atoms. The number of fused-ring (bicyclic) bond motifs is 1. The third-order valence-electron chi connectivity index (χ3n) is 5.73. The largest absolute Gasteiger partial charge is 0.573 e. The molecule has 2 aromatic carbocycles. The summed E-state index contributed by atoms with van der Waals surface area (Å²) < 4.78 is 40.9. The van der Waals surface area contributed by atoms with Gasteiger partial charge in [-0.1, -0.05) is 23.7 Å². The van der Waals surface area contributed by atoms with Crippen LogP contribution >= 0.6 is 11.6 Å². The number of anilines is 1. The highest BCUT2D eigenvalue weighted by Crippen LogP contribution is 2.35. The van der Waals surface area contributed by atoms with Gasteiger partial charge in [-0.25, -0.2) is 0 Å². The lowest BCUT2D eigenvalue weighted by atomic mass is 10.1. The van der Waals surface area contributed by atoms with E-state index in [4.69, 9.17) is 11.6 Å². The quantitative estimate of drug-likeness (QED) is 0.621. The molecule has 1 fully saturated rings. The fourth-order valence-electron chi connectivity index (χ4n) is 4.25. The summed E-state index contributed by atoms with van der Waals surface area (Å²) in [5.74, 6) is -0.369. The average Bonchev–Trinajstić information content (AvgIpc) is 3.04. The van der Waals surface area contributed by atoms with Gasteiger partial charge in [-0.2, -0.15) is 0 Å². The van der Waals surface area contributed by atoms with Gasteiger partial charge in [0.2, 0.25) is 0 Å². The molecule has 1 saturated heterocycles. The van der Waals surface area contributed by atoms with Crippen molar-refractivity contribution >= 4 is 29.0 Å². The monoisotopic (exact) mass is 481 g/mol. The predicted octanol–water partition coefficient (Wildman–Crippen LogP) is 4.11. The molecule has 0 aliphatic carbocycles. The van der Waals surface area contributed by atoms with Crippen LogP contribution in [0.5, 0.6) is 5.75 Å². The van der Waals surface area contributed by atoms with E-state index in [2.05, 4.69) is 14.5 Å². The Kier molecular flexibility index (Phi) is 6.54. The van der Waals surface area contributed by atoms with Crippen LogP contribution in [0.4, 0.5) is 18.9 Å². The molecule has 0 spiro atoms. The highest BCUT2D eigenvalue weighted by atomic mass is 35.5. The summed E-state index contributed by atoms with van der Waals surface area (Å²) in [6.07, 6.45) is -4.75. The standard InChI is InChI=1S/C23H23ClF3N3O3/c1-15(31)12-28-6-8-29(9-7-28)18-10-17-14-30(22(32)21(17)20(24)11-18)13-16-2-4-19(5-3-16)33-23(25,26)27/h2-5,10-11H,6-9,12-14H2,1H3. The second kappa shape index (κ2) is 9.23. The number of hydrogen-bond donors (Lipinski definition) is 0. The highest BCUT2D eigenvalue weighted by molar-refractivity contribution is 6.34. The Hall–Kier alpha value is -2.78. The molecular weight excluding hydrogens is 459 g/mol. The molecule has 0 N–H and O–H groups in total. The summed E-state index contributed by atoms with van der Waals surface area (Å²) in [5, 5.41) is 0.384. The number of nitrogens with zero attached hydrogens (tertiary/aromatic N) is 3. The van der Waals surface area contributed by atoms with Gasteiger partial charge in [0.15, 0.2) is 0 Å². The van der Waals surface area contributed by atoms with Crippen LogP contribution in [-0.4, -0.2) is 60.6 Å². The number of amides is 1. The number of ether oxygens (including phenoxy) is 1. The zero-order valence-corrected chi connectivity index (χ0v) is 18.7. The van der Waals surface area contributed by atoms with E-state index in [0.29, 0.717) is 29.2 Å². The van der Waals surface area contributed by atoms with Crippen molar-refractivity contribution < 1.29 is 27.5 Å². The van der Waals surface area contributed by atoms with Crippen LogP contribution in [0, 0.1) is 0 Å². The topological polar surface area (TPSA) is 53.1 Å². The average molecular weight is 482 g/mol. The van der Waals surface area contributed by atoms with Crippen molar-refractivity contribution in [3.63, 3.8) is 0 Å². The second-order valence-electron chi connectivity index (χ2n) is 8.28. The van der Waals surface area contributed by atoms with E-state index in [1.54, 1.807) is 17.9 Å². The number of carbonyl (C=O) groups excluding carboxylic acids is 2. The number of piperazine rings is 1. The number of rotatable bonds is 6. The number of ketones is 1. The lowest BCUT2D eigenvalue weighted by Gasteiger charge is -2.35. The van der Waals surface area contributed by atoms with E-state index in [1.165, 1.54) is 24.3 Å². The normalized spacial score (nSPS) is 16.8. The van der Waals surface area contributed by atoms with Gasteiger partial charge in [0.05, 0.1) is 17.1 Å². The van der Waals surface area contributed by atoms with Crippen molar-refractivity contribution in [3.8, 4) is 5.75 Å². The fraction of sp³-hybridized carbons (Fsp3) is 0.391. The Balaban J connectivity index is 1.43. The van der Waals surface area contributed by atoms with E-state index >= 15 is 0 Å². The number of alkyl halides is 3. The van der Waals surface area contributed by atoms with Crippen LogP contribution in [0.3, 0.4) is 0 Å². The molecule has 1 amide bonds. The third-order valence-corrected chi connectivity index (χ3v) is 6.03. The first-order chi connectivity index (χ1) is 15.6. The molecule has 6 nitrogen and oxygen atoms in total. The van der Waals surface area contributed by atoms with Crippen LogP contribution in [-0.2, 0) is 17.9 Å². The van der Waals surface area contributed by atoms with Crippen molar-refractivity contribution in [2.75, 3.05) is 37.6 Å². The zero-order valence-electron chi connectivity index (χ0n) is 18.0. The van der Waals surface area contributed by atoms with Crippen molar-refractivity contribution in [2.24, 2.45) is 0 Å². The van der Waals surface area contributed by atoms with E-state index < -0.39 is 6.36 Å². The van der Waals surface area contributed by atoms with Crippen molar-refractivity contribution in [1.82, 2.24) is 9.80 Å². The molecule has 0 unspecified atom stereocenters. The summed E-state index contributed by atoms with van der Waals surface area (Å²) in [7, 11) is 0. The number of benzene rings is 2. The minimum absolute atomic E-state index is 0.144. The molecule has 0 radical (unpaired) electrons. The molecule has 4 rings (SSSR count). The van der Waals surface area contributed by atoms with Crippen molar-refractivity contribution in [2.45, 2.75) is 26.4 Å². The predicted molar refractivity (Wildman–Crippen MR) is 117 cm³/mol. The van der Waals surface area contributed by atoms with Crippen molar-refractivity contribution in [3.05, 3.63) is 58.1 Å². The molecule has 2 aliphatic heterocycles. The Bertz CT molecular complexity index is 1050. The molecule has 33 heavy (non-hydrogen) atoms. The first-order valence-corrected chi connectivity index (χ1v) is 10.9. The summed E-state index contributed by atoms with van der Waals surface area (Å²) >= 11 is 6.48. The first kappa shape index (κ1) is 23.4. The molecule has 2 aromatic rings. The summed E-state index contributed by atoms with van der Waals surface area (Å²) in [5.41, 5.74) is 2.91. The summed E-state index contributed by atoms with van der Waals surface area (Å²) in [6.45, 7) is 5.70. The minimum Gasteiger partial charge on any atom is -0.406 e. The molecule has 0 atom stereocenters. The maximum Gasteiger partial charge on any atom is 0.573 e. The van der Waals surface area contributed by atoms with E-state index in [0.717, 1.165) is 37.4 Å². The van der Waals surface area contributed by atoms with E-state index in [1.807, 2.05) is 6.07 Å². The van der Waals surface area contributed by atoms with Gasteiger partial charge in [0.1, 0.15) is 11.5 Å². The molecule has 2 aliphatic rings. The van der Waals surface area contributed by atoms with Gasteiger partial charge in [0, 0.05) is 45.0 Å². The van der Waals surface area contributed by atoms with Crippen LogP contribution in [0.1, 0.15) is 28.4 Å². The molecule has 2 heterocycles. The second-order valence-corrected chi connectivity index (χ2v) is 8.69. The van der Waals surface area contributed by atoms with Gasteiger partial charge in [-0.15, -0.1) is 13.2 Å². The SMILES string of the molecule is CC(=O)CN1CCN(c2cc(Cl)c3c(c2)CN(Cc2ccc(OC(F)(F)F)cc2)C3=O)CC1. The smallest absolute Gasteiger partial charge is 0.406 e. The fourth-order valence-corrected chi connectivity index (χ4v) is 4.57. The van der Waals surface area contributed by atoms with Gasteiger partial charge in [-0.05, 0) is 42.3 Å². The zero-order chi connectivity index (χ0) is 23.8. The lowest BCUT2D eigenvalue weighted by molar-refractivity contribution is -0.274. The van der Waals surface area contributed by atoms with Gasteiger partial charge >= 0.3 is 6.36 Å². The van der Waals surface area contributed by atoms with Crippen LogP contribution in [0.25, 0.3) is 0 Å². The Morgan fingerprint density at radius 2 is 1.76 bits per heavy atom. The van der Waals surface area contributed by atoms with E-state index in [9.17, 15) is 22.8 Å². The Labute approximate surface area is 194 Å². The van der Waals surface area contributed by atoms with Gasteiger partial charge in [0.25, 0.3) is 5.91 Å². The minimum atomic E-state index is -4.75. The van der Waals surface area contributed by atoms with Crippen LogP contribution < -0.4 is 9.64 Å². The van der Waals surface area contributed by atoms with E-state index in [-0.39, 0.29) is 24.0 Å². The highest BCUT2D eigenvalue weighted by Gasteiger charge is 2.32. The maximum absolute atomic E-state index is 12.9. The van der Waals surface area contributed by atoms with Gasteiger partial charge < -0.3 is 14.5 Å². The first-order valence-electron chi connectivity index (χ1n) is 10.5. The van der Waals surface area contributed by atoms with Crippen LogP contribution in [0.15, 0.2) is 36.4 Å². The summed E-state index contributed by atoms with van der Waals surface area (Å²) in [6, 6.07) is 9.24. The van der Waals surface area contributed by atoms with Crippen LogP contribution in [0.2, 0.25) is 5.02 Å². The molecular formula is C23H23ClF3N3O3. The Morgan fingerprint density at radius 1 is 1.09 bits per heavy atom. The number of halogens is 4. The molecule has 176 valence electrons. The molecule has 10 heteroatoms. The van der Waals surface area contributed by atoms with Crippen molar-refractivity contribution in [1.29, 1.82) is 0 Å².